The molecule has 0 bridgehead atoms. The maximum atomic E-state index is 11.9. The molecule has 0 radical (unpaired) electrons. The summed E-state index contributed by atoms with van der Waals surface area (Å²) in [4.78, 5) is 45.5. The second kappa shape index (κ2) is 9.40. The maximum absolute atomic E-state index is 11.9. The van der Waals surface area contributed by atoms with Gasteiger partial charge < -0.3 is 16.5 Å². The summed E-state index contributed by atoms with van der Waals surface area (Å²) in [6.07, 6.45) is 0.317. The molecule has 1 aliphatic rings. The van der Waals surface area contributed by atoms with Crippen LogP contribution >= 0.6 is 0 Å². The van der Waals surface area contributed by atoms with Crippen LogP contribution in [0.1, 0.15) is 90.5 Å². The van der Waals surface area contributed by atoms with Crippen molar-refractivity contribution >= 4 is 34.5 Å². The Morgan fingerprint density at radius 1 is 0.794 bits per heavy atom. The number of amides is 1. The summed E-state index contributed by atoms with van der Waals surface area (Å²) in [7, 11) is 0. The van der Waals surface area contributed by atoms with Crippen molar-refractivity contribution in [2.75, 3.05) is 16.4 Å². The predicted molar refractivity (Wildman–Crippen MR) is 134 cm³/mol. The summed E-state index contributed by atoms with van der Waals surface area (Å²) in [6, 6.07) is 0.128. The van der Waals surface area contributed by atoms with E-state index in [9.17, 15) is 9.59 Å². The number of hydrogen-bond acceptors (Lipinski definition) is 8. The highest BCUT2D eigenvalue weighted by Crippen LogP contribution is 2.33. The van der Waals surface area contributed by atoms with Crippen LogP contribution in [-0.4, -0.2) is 41.4 Å². The molecule has 1 aliphatic heterocycles. The summed E-state index contributed by atoms with van der Waals surface area (Å²) in [5.74, 6) is 3.24. The molecule has 34 heavy (non-hydrogen) atoms. The molecule has 0 atom stereocenters. The molecule has 0 unspecified atom stereocenters. The molecule has 4 rings (SSSR count). The number of carbonyl (C=O) groups excluding carboxylic acids is 1. The standard InChI is InChI=1S/C12H18N4O.C11H17N5O/c1-6(2)11-14-10(13)8-5-9(17)16(7(3)4)12(8)15-11;1-5(2)9-14-8(12)7-10(15-9)16(6(3)4)11(17)13-7/h6-7H,5H2,1-4H3,(H2,13,14,15);5-6H,1-4H3,(H,13,17)(H2,12,14,15). The Morgan fingerprint density at radius 3 is 1.88 bits per heavy atom. The van der Waals surface area contributed by atoms with Gasteiger partial charge in [0.05, 0.1) is 6.42 Å². The van der Waals surface area contributed by atoms with Crippen LogP contribution in [0.25, 0.3) is 11.2 Å². The summed E-state index contributed by atoms with van der Waals surface area (Å²) in [5.41, 5.74) is 13.4. The zero-order valence-electron chi connectivity index (χ0n) is 21.2. The van der Waals surface area contributed by atoms with E-state index in [2.05, 4.69) is 24.9 Å². The highest BCUT2D eigenvalue weighted by Gasteiger charge is 2.33. The normalized spacial score (nSPS) is 13.4. The number of H-pyrrole nitrogens is 1. The van der Waals surface area contributed by atoms with Gasteiger partial charge in [-0.2, -0.15) is 0 Å². The molecular weight excluding hydrogens is 434 g/mol. The average molecular weight is 470 g/mol. The summed E-state index contributed by atoms with van der Waals surface area (Å²) < 4.78 is 1.60. The minimum Gasteiger partial charge on any atom is -0.383 e. The first-order chi connectivity index (χ1) is 15.8. The number of nitrogen functional groups attached to an aromatic ring is 2. The SMILES string of the molecule is CC(C)c1nc(N)c2[nH]c(=O)n(C(C)C)c2n1.CC(C)c1nc(N)c2c(n1)N(C(C)C)C(=O)C2. The molecule has 4 heterocycles. The Balaban J connectivity index is 0.000000191. The van der Waals surface area contributed by atoms with Crippen molar-refractivity contribution in [1.29, 1.82) is 0 Å². The Morgan fingerprint density at radius 2 is 1.35 bits per heavy atom. The quantitative estimate of drug-likeness (QED) is 0.525. The number of anilines is 3. The molecule has 11 heteroatoms. The van der Waals surface area contributed by atoms with Gasteiger partial charge in [-0.15, -0.1) is 0 Å². The minimum atomic E-state index is -0.197. The van der Waals surface area contributed by atoms with Gasteiger partial charge in [-0.3, -0.25) is 14.3 Å². The van der Waals surface area contributed by atoms with Crippen molar-refractivity contribution in [2.24, 2.45) is 0 Å². The highest BCUT2D eigenvalue weighted by molar-refractivity contribution is 6.02. The highest BCUT2D eigenvalue weighted by atomic mass is 16.2. The monoisotopic (exact) mass is 469 g/mol. The number of hydrogen-bond donors (Lipinski definition) is 3. The molecule has 0 fully saturated rings. The number of rotatable bonds is 4. The van der Waals surface area contributed by atoms with Gasteiger partial charge in [0.1, 0.15) is 28.8 Å². The molecule has 0 aromatic carbocycles. The topological polar surface area (TPSA) is 162 Å². The number of nitrogens with one attached hydrogen (secondary N) is 1. The number of nitrogens with zero attached hydrogens (tertiary/aromatic N) is 6. The van der Waals surface area contributed by atoms with Crippen molar-refractivity contribution in [3.05, 3.63) is 27.7 Å². The molecule has 3 aromatic rings. The summed E-state index contributed by atoms with van der Waals surface area (Å²) in [5, 5.41) is 0. The minimum absolute atomic E-state index is 0.0329. The van der Waals surface area contributed by atoms with E-state index in [0.29, 0.717) is 46.7 Å². The van der Waals surface area contributed by atoms with Gasteiger partial charge in [0.15, 0.2) is 11.5 Å². The van der Waals surface area contributed by atoms with Gasteiger partial charge in [0.2, 0.25) is 5.91 Å². The van der Waals surface area contributed by atoms with Crippen LogP contribution in [-0.2, 0) is 11.2 Å². The van der Waals surface area contributed by atoms with Gasteiger partial charge in [-0.1, -0.05) is 27.7 Å². The maximum Gasteiger partial charge on any atom is 0.328 e. The lowest BCUT2D eigenvalue weighted by molar-refractivity contribution is -0.117. The Bertz CT molecular complexity index is 1270. The van der Waals surface area contributed by atoms with Crippen molar-refractivity contribution in [3.8, 4) is 0 Å². The fourth-order valence-electron chi connectivity index (χ4n) is 3.80. The fourth-order valence-corrected chi connectivity index (χ4v) is 3.80. The number of imidazole rings is 1. The number of carbonyl (C=O) groups is 1. The van der Waals surface area contributed by atoms with Crippen molar-refractivity contribution in [2.45, 2.75) is 85.7 Å². The van der Waals surface area contributed by atoms with E-state index in [1.54, 1.807) is 9.47 Å². The van der Waals surface area contributed by atoms with Gasteiger partial charge in [-0.25, -0.2) is 24.7 Å². The zero-order valence-corrected chi connectivity index (χ0v) is 21.2. The molecule has 11 nitrogen and oxygen atoms in total. The second-order valence-corrected chi connectivity index (χ2v) is 9.67. The first kappa shape index (κ1) is 25.1. The predicted octanol–water partition coefficient (Wildman–Crippen LogP) is 2.89. The first-order valence-electron chi connectivity index (χ1n) is 11.6. The van der Waals surface area contributed by atoms with Crippen LogP contribution in [0.5, 0.6) is 0 Å². The number of aromatic amines is 1. The number of nitrogens with two attached hydrogens (primary N) is 2. The third kappa shape index (κ3) is 4.59. The van der Waals surface area contributed by atoms with Crippen molar-refractivity contribution in [3.63, 3.8) is 0 Å². The van der Waals surface area contributed by atoms with E-state index in [1.165, 1.54) is 0 Å². The molecular formula is C23H35N9O2. The molecule has 0 spiro atoms. The molecule has 0 saturated carbocycles. The zero-order chi connectivity index (χ0) is 25.5. The first-order valence-corrected chi connectivity index (χ1v) is 11.6. The van der Waals surface area contributed by atoms with Gasteiger partial charge in [-0.05, 0) is 27.7 Å². The molecule has 1 amide bonds. The number of aromatic nitrogens is 6. The Hall–Kier alpha value is -3.50. The van der Waals surface area contributed by atoms with E-state index in [-0.39, 0.29) is 35.5 Å². The van der Waals surface area contributed by atoms with Crippen LogP contribution in [0.15, 0.2) is 4.79 Å². The fraction of sp³-hybridized carbons (Fsp3) is 0.565. The second-order valence-electron chi connectivity index (χ2n) is 9.67. The lowest BCUT2D eigenvalue weighted by Crippen LogP contribution is -2.34. The van der Waals surface area contributed by atoms with Crippen molar-refractivity contribution in [1.82, 2.24) is 29.5 Å². The van der Waals surface area contributed by atoms with Gasteiger partial charge >= 0.3 is 5.69 Å². The summed E-state index contributed by atoms with van der Waals surface area (Å²) in [6.45, 7) is 15.8. The molecule has 5 N–H and O–H groups in total. The van der Waals surface area contributed by atoms with E-state index in [1.807, 2.05) is 55.4 Å². The molecule has 0 saturated heterocycles. The van der Waals surface area contributed by atoms with E-state index in [4.69, 9.17) is 11.5 Å². The van der Waals surface area contributed by atoms with E-state index < -0.39 is 0 Å². The van der Waals surface area contributed by atoms with Crippen LogP contribution in [0.2, 0.25) is 0 Å². The Kier molecular flexibility index (Phi) is 6.94. The lowest BCUT2D eigenvalue weighted by atomic mass is 10.2. The molecule has 184 valence electrons. The average Bonchev–Trinajstić information content (AvgIpc) is 3.24. The van der Waals surface area contributed by atoms with Crippen molar-refractivity contribution < 1.29 is 4.79 Å². The Labute approximate surface area is 199 Å². The van der Waals surface area contributed by atoms with Gasteiger partial charge in [0.25, 0.3) is 0 Å². The lowest BCUT2D eigenvalue weighted by Gasteiger charge is -2.21. The van der Waals surface area contributed by atoms with E-state index in [0.717, 1.165) is 5.56 Å². The van der Waals surface area contributed by atoms with Crippen LogP contribution < -0.4 is 22.1 Å². The molecule has 0 aliphatic carbocycles. The number of fused-ring (bicyclic) bond motifs is 2. The van der Waals surface area contributed by atoms with Crippen LogP contribution in [0, 0.1) is 0 Å². The third-order valence-corrected chi connectivity index (χ3v) is 5.54. The van der Waals surface area contributed by atoms with E-state index >= 15 is 0 Å². The smallest absolute Gasteiger partial charge is 0.328 e. The van der Waals surface area contributed by atoms with Crippen LogP contribution in [0.4, 0.5) is 17.5 Å². The largest absolute Gasteiger partial charge is 0.383 e. The summed E-state index contributed by atoms with van der Waals surface area (Å²) >= 11 is 0. The van der Waals surface area contributed by atoms with Crippen LogP contribution in [0.3, 0.4) is 0 Å². The third-order valence-electron chi connectivity index (χ3n) is 5.54. The molecule has 3 aromatic heterocycles. The van der Waals surface area contributed by atoms with Gasteiger partial charge in [0, 0.05) is 29.5 Å².